The van der Waals surface area contributed by atoms with Crippen LogP contribution in [0, 0.1) is 0 Å². The maximum atomic E-state index is 11.7. The third kappa shape index (κ3) is 7.59. The first-order valence-corrected chi connectivity index (χ1v) is 7.93. The van der Waals surface area contributed by atoms with E-state index in [1.807, 2.05) is 0 Å². The van der Waals surface area contributed by atoms with E-state index < -0.39 is 0 Å². The maximum Gasteiger partial charge on any atom is 0.296 e. The number of carbonyl (C=O) groups excluding carboxylic acids is 1. The predicted molar refractivity (Wildman–Crippen MR) is 85.6 cm³/mol. The van der Waals surface area contributed by atoms with Gasteiger partial charge < -0.3 is 15.5 Å². The Balaban J connectivity index is 2.09. The van der Waals surface area contributed by atoms with Gasteiger partial charge >= 0.3 is 0 Å². The minimum atomic E-state index is -0.0474. The van der Waals surface area contributed by atoms with E-state index in [0.29, 0.717) is 13.0 Å². The van der Waals surface area contributed by atoms with Gasteiger partial charge in [-0.05, 0) is 24.1 Å². The fourth-order valence-corrected chi connectivity index (χ4v) is 2.22. The summed E-state index contributed by atoms with van der Waals surface area (Å²) in [6, 6.07) is 4.81. The summed E-state index contributed by atoms with van der Waals surface area (Å²) in [5.74, 6) is 0.111. The van der Waals surface area contributed by atoms with Gasteiger partial charge in [-0.2, -0.15) is 0 Å². The van der Waals surface area contributed by atoms with Gasteiger partial charge in [0.05, 0.1) is 0 Å². The Labute approximate surface area is 127 Å². The fourth-order valence-electron chi connectivity index (χ4n) is 2.22. The molecule has 0 radical (unpaired) electrons. The second kappa shape index (κ2) is 10.1. The zero-order chi connectivity index (χ0) is 15.5. The number of phenols is 1. The van der Waals surface area contributed by atoms with Gasteiger partial charge in [0.15, 0.2) is 0 Å². The number of unbranched alkanes of at least 4 members (excludes halogenated alkanes) is 6. The van der Waals surface area contributed by atoms with E-state index >= 15 is 0 Å². The largest absolute Gasteiger partial charge is 0.591 e. The molecule has 1 aromatic carbocycles. The number of hydrogen-bond acceptors (Lipinski definition) is 2. The van der Waals surface area contributed by atoms with E-state index in [0.717, 1.165) is 18.4 Å². The van der Waals surface area contributed by atoms with Crippen LogP contribution >= 0.6 is 0 Å². The van der Waals surface area contributed by atoms with Gasteiger partial charge in [0.25, 0.3) is 5.75 Å². The van der Waals surface area contributed by atoms with Crippen molar-refractivity contribution in [1.82, 2.24) is 5.32 Å². The standard InChI is InChI=1S/C17H27NO3/c1-2-3-4-5-6-7-8-9-17(21)18-13-14-10-11-15(19)16(20)12-14/h10-12,19-20H,2-9,13H2,1H3,(H,18,21)/p+1. The molecule has 0 saturated carbocycles. The van der Waals surface area contributed by atoms with Gasteiger partial charge in [0.1, 0.15) is 0 Å². The lowest BCUT2D eigenvalue weighted by molar-refractivity contribution is -0.121. The van der Waals surface area contributed by atoms with Crippen molar-refractivity contribution in [2.45, 2.75) is 64.8 Å². The fraction of sp³-hybridized carbons (Fsp3) is 0.588. The molecule has 0 saturated heterocycles. The van der Waals surface area contributed by atoms with E-state index in [9.17, 15) is 9.90 Å². The predicted octanol–water partition coefficient (Wildman–Crippen LogP) is 3.59. The highest BCUT2D eigenvalue weighted by atomic mass is 16.3. The van der Waals surface area contributed by atoms with Crippen molar-refractivity contribution in [2.24, 2.45) is 0 Å². The van der Waals surface area contributed by atoms with Crippen LogP contribution < -0.4 is 5.32 Å². The molecule has 4 heteroatoms. The van der Waals surface area contributed by atoms with Crippen LogP contribution in [0.3, 0.4) is 0 Å². The number of nitrogens with one attached hydrogen (secondary N) is 1. The molecule has 1 amide bonds. The highest BCUT2D eigenvalue weighted by Gasteiger charge is 2.06. The quantitative estimate of drug-likeness (QED) is 0.511. The third-order valence-corrected chi connectivity index (χ3v) is 3.56. The number of carbonyl (C=O) groups is 1. The van der Waals surface area contributed by atoms with E-state index in [-0.39, 0.29) is 17.4 Å². The summed E-state index contributed by atoms with van der Waals surface area (Å²) in [6.45, 7) is 2.62. The first-order chi connectivity index (χ1) is 10.1. The van der Waals surface area contributed by atoms with Gasteiger partial charge in [-0.3, -0.25) is 4.79 Å². The molecule has 4 N–H and O–H groups in total. The molecule has 0 aliphatic rings. The number of rotatable bonds is 10. The summed E-state index contributed by atoms with van der Waals surface area (Å²) in [5.41, 5.74) is 0.816. The van der Waals surface area contributed by atoms with Crippen molar-refractivity contribution in [3.63, 3.8) is 0 Å². The molecule has 0 aliphatic heterocycles. The van der Waals surface area contributed by atoms with Crippen LogP contribution in [-0.4, -0.2) is 16.1 Å². The molecule has 0 heterocycles. The molecule has 1 aromatic rings. The smallest absolute Gasteiger partial charge is 0.296 e. The molecule has 0 spiro atoms. The zero-order valence-corrected chi connectivity index (χ0v) is 13.0. The van der Waals surface area contributed by atoms with Crippen molar-refractivity contribution in [3.8, 4) is 11.5 Å². The summed E-state index contributed by atoms with van der Waals surface area (Å²) in [7, 11) is 0. The van der Waals surface area contributed by atoms with E-state index in [1.165, 1.54) is 44.2 Å². The number of aromatic hydroxyl groups is 1. The van der Waals surface area contributed by atoms with Crippen LogP contribution in [0.1, 0.15) is 63.9 Å². The number of benzene rings is 1. The molecule has 4 nitrogen and oxygen atoms in total. The molecule has 0 aromatic heterocycles. The van der Waals surface area contributed by atoms with Crippen molar-refractivity contribution >= 4 is 5.91 Å². The summed E-state index contributed by atoms with van der Waals surface area (Å²) in [5, 5.41) is 19.6. The van der Waals surface area contributed by atoms with E-state index in [4.69, 9.17) is 5.11 Å². The highest BCUT2D eigenvalue weighted by molar-refractivity contribution is 5.75. The van der Waals surface area contributed by atoms with Crippen molar-refractivity contribution in [2.75, 3.05) is 0 Å². The molecule has 21 heavy (non-hydrogen) atoms. The van der Waals surface area contributed by atoms with Crippen molar-refractivity contribution in [1.29, 1.82) is 0 Å². The second-order valence-electron chi connectivity index (χ2n) is 5.50. The summed E-state index contributed by atoms with van der Waals surface area (Å²) in [6.07, 6.45) is 8.98. The van der Waals surface area contributed by atoms with Crippen molar-refractivity contribution in [3.05, 3.63) is 23.8 Å². The monoisotopic (exact) mass is 294 g/mol. The Morgan fingerprint density at radius 1 is 1.14 bits per heavy atom. The maximum absolute atomic E-state index is 11.7. The summed E-state index contributed by atoms with van der Waals surface area (Å²) < 4.78 is 0. The molecule has 0 atom stereocenters. The molecule has 0 unspecified atom stereocenters. The molecular weight excluding hydrogens is 266 g/mol. The Morgan fingerprint density at radius 2 is 1.81 bits per heavy atom. The van der Waals surface area contributed by atoms with E-state index in [2.05, 4.69) is 12.2 Å². The van der Waals surface area contributed by atoms with Crippen LogP contribution in [-0.2, 0) is 11.3 Å². The Hall–Kier alpha value is -1.71. The normalized spacial score (nSPS) is 10.5. The number of hydrogen-bond donors (Lipinski definition) is 2. The van der Waals surface area contributed by atoms with Crippen LogP contribution in [0.15, 0.2) is 18.2 Å². The lowest BCUT2D eigenvalue weighted by Gasteiger charge is -2.06. The summed E-state index contributed by atoms with van der Waals surface area (Å²) in [4.78, 5) is 11.7. The lowest BCUT2D eigenvalue weighted by Crippen LogP contribution is -2.22. The minimum absolute atomic E-state index is 0.0474. The van der Waals surface area contributed by atoms with Gasteiger partial charge in [-0.1, -0.05) is 45.4 Å². The Morgan fingerprint density at radius 3 is 2.48 bits per heavy atom. The lowest BCUT2D eigenvalue weighted by atomic mass is 10.1. The molecule has 1 rings (SSSR count). The zero-order valence-electron chi connectivity index (χ0n) is 13.0. The van der Waals surface area contributed by atoms with Gasteiger partial charge in [-0.15, -0.1) is 0 Å². The molecular formula is C17H28NO3+. The average molecular weight is 294 g/mol. The van der Waals surface area contributed by atoms with Gasteiger partial charge in [0.2, 0.25) is 11.7 Å². The van der Waals surface area contributed by atoms with Crippen LogP contribution in [0.5, 0.6) is 11.5 Å². The Bertz CT molecular complexity index is 432. The van der Waals surface area contributed by atoms with Crippen LogP contribution in [0.25, 0.3) is 0 Å². The first kappa shape index (κ1) is 17.3. The van der Waals surface area contributed by atoms with Gasteiger partial charge in [0, 0.05) is 19.0 Å². The molecule has 0 aliphatic carbocycles. The molecule has 0 bridgehead atoms. The molecule has 118 valence electrons. The van der Waals surface area contributed by atoms with Crippen LogP contribution in [0.2, 0.25) is 0 Å². The van der Waals surface area contributed by atoms with Crippen molar-refractivity contribution < 1.29 is 15.0 Å². The highest BCUT2D eigenvalue weighted by Crippen LogP contribution is 2.24. The third-order valence-electron chi connectivity index (χ3n) is 3.56. The summed E-state index contributed by atoms with van der Waals surface area (Å²) >= 11 is 0. The topological polar surface area (TPSA) is 72.2 Å². The number of amides is 1. The Kier molecular flexibility index (Phi) is 8.32. The molecule has 0 fully saturated rings. The SMILES string of the molecule is CCCCCCCCCC(=O)NCc1ccc([OH2+])c(O)c1. The van der Waals surface area contributed by atoms with Crippen LogP contribution in [0.4, 0.5) is 0 Å². The average Bonchev–Trinajstić information content (AvgIpc) is 2.47. The minimum Gasteiger partial charge on any atom is -0.591 e. The first-order valence-electron chi connectivity index (χ1n) is 7.93. The van der Waals surface area contributed by atoms with Gasteiger partial charge in [-0.25, -0.2) is 0 Å². The number of phenolic OH excluding ortho intramolecular Hbond substituents is 1. The second-order valence-corrected chi connectivity index (χ2v) is 5.50. The van der Waals surface area contributed by atoms with E-state index in [1.54, 1.807) is 6.07 Å².